The number of carbonyl (C=O) groups is 1. The number of halogens is 2. The lowest BCUT2D eigenvalue weighted by Gasteiger charge is -2.33. The van der Waals surface area contributed by atoms with E-state index in [1.54, 1.807) is 35.4 Å². The fourth-order valence-corrected chi connectivity index (χ4v) is 7.22. The number of nitrogens with zero attached hydrogens (tertiary/aromatic N) is 3. The number of benzene rings is 2. The molecule has 1 amide bonds. The fraction of sp³-hybridized carbons (Fsp3) is 0.182. The first-order valence-electron chi connectivity index (χ1n) is 9.81. The quantitative estimate of drug-likeness (QED) is 0.374. The zero-order valence-electron chi connectivity index (χ0n) is 16.7. The van der Waals surface area contributed by atoms with Crippen molar-refractivity contribution in [1.82, 2.24) is 14.2 Å². The Labute approximate surface area is 199 Å². The van der Waals surface area contributed by atoms with Crippen molar-refractivity contribution in [2.75, 3.05) is 19.6 Å². The van der Waals surface area contributed by atoms with Gasteiger partial charge in [0.25, 0.3) is 10.0 Å². The second kappa shape index (κ2) is 8.28. The molecule has 10 heteroatoms. The summed E-state index contributed by atoms with van der Waals surface area (Å²) in [7, 11) is -3.76. The van der Waals surface area contributed by atoms with E-state index in [0.717, 1.165) is 37.8 Å². The molecule has 0 aliphatic carbocycles. The Morgan fingerprint density at radius 2 is 1.81 bits per heavy atom. The standard InChI is InChI=1S/C22H17Cl2N3O3S2/c23-17-4-3-16-10-21(31-19(16)11-17)32(29,30)27-8-7-26(20(28)13-27)12-14-1-2-15-5-6-25-22(24)18(15)9-14/h1-6,9-11H,7-8,12-13H2. The van der Waals surface area contributed by atoms with Gasteiger partial charge in [0.2, 0.25) is 5.91 Å². The minimum atomic E-state index is -3.76. The number of hydrogen-bond donors (Lipinski definition) is 0. The number of rotatable bonds is 4. The molecule has 0 N–H and O–H groups in total. The van der Waals surface area contributed by atoms with Gasteiger partial charge in [-0.15, -0.1) is 11.3 Å². The highest BCUT2D eigenvalue weighted by atomic mass is 35.5. The topological polar surface area (TPSA) is 70.6 Å². The Hall–Kier alpha value is -2.23. The summed E-state index contributed by atoms with van der Waals surface area (Å²) in [5, 5.41) is 3.58. The largest absolute Gasteiger partial charge is 0.336 e. The summed E-state index contributed by atoms with van der Waals surface area (Å²) in [4.78, 5) is 18.6. The molecule has 0 unspecified atom stereocenters. The van der Waals surface area contributed by atoms with E-state index in [9.17, 15) is 13.2 Å². The minimum absolute atomic E-state index is 0.187. The van der Waals surface area contributed by atoms with Crippen LogP contribution in [0.15, 0.2) is 58.9 Å². The molecule has 1 saturated heterocycles. The third kappa shape index (κ3) is 3.97. The van der Waals surface area contributed by atoms with Gasteiger partial charge in [-0.2, -0.15) is 4.31 Å². The molecule has 5 rings (SSSR count). The van der Waals surface area contributed by atoms with Crippen molar-refractivity contribution < 1.29 is 13.2 Å². The van der Waals surface area contributed by atoms with Crippen molar-refractivity contribution in [2.45, 2.75) is 10.8 Å². The van der Waals surface area contributed by atoms with E-state index < -0.39 is 10.0 Å². The predicted molar refractivity (Wildman–Crippen MR) is 128 cm³/mol. The molecule has 1 aliphatic rings. The Balaban J connectivity index is 1.33. The average molecular weight is 506 g/mol. The number of sulfonamides is 1. The maximum Gasteiger partial charge on any atom is 0.253 e. The molecule has 0 radical (unpaired) electrons. The predicted octanol–water partition coefficient (Wildman–Crippen LogP) is 4.79. The Morgan fingerprint density at radius 3 is 2.62 bits per heavy atom. The van der Waals surface area contributed by atoms with Crippen molar-refractivity contribution in [3.8, 4) is 0 Å². The number of pyridine rings is 1. The lowest BCUT2D eigenvalue weighted by molar-refractivity contribution is -0.134. The van der Waals surface area contributed by atoms with Crippen molar-refractivity contribution in [2.24, 2.45) is 0 Å². The van der Waals surface area contributed by atoms with Crippen molar-refractivity contribution in [3.63, 3.8) is 0 Å². The van der Waals surface area contributed by atoms with Crippen molar-refractivity contribution >= 4 is 71.3 Å². The monoisotopic (exact) mass is 505 g/mol. The molecule has 0 saturated carbocycles. The first-order chi connectivity index (χ1) is 15.3. The molecular weight excluding hydrogens is 489 g/mol. The Morgan fingerprint density at radius 1 is 1.00 bits per heavy atom. The minimum Gasteiger partial charge on any atom is -0.336 e. The third-order valence-electron chi connectivity index (χ3n) is 5.49. The number of amides is 1. The highest BCUT2D eigenvalue weighted by molar-refractivity contribution is 7.91. The lowest BCUT2D eigenvalue weighted by atomic mass is 10.1. The summed E-state index contributed by atoms with van der Waals surface area (Å²) < 4.78 is 28.6. The van der Waals surface area contributed by atoms with Crippen LogP contribution < -0.4 is 0 Å². The van der Waals surface area contributed by atoms with Gasteiger partial charge in [-0.05, 0) is 46.7 Å². The summed E-state index contributed by atoms with van der Waals surface area (Å²) in [6.07, 6.45) is 1.65. The molecule has 0 atom stereocenters. The number of thiophene rings is 1. The van der Waals surface area contributed by atoms with E-state index in [-0.39, 0.29) is 23.2 Å². The van der Waals surface area contributed by atoms with Gasteiger partial charge in [0, 0.05) is 40.9 Å². The summed E-state index contributed by atoms with van der Waals surface area (Å²) in [5.41, 5.74) is 0.915. The van der Waals surface area contributed by atoms with Crippen LogP contribution in [-0.2, 0) is 21.4 Å². The summed E-state index contributed by atoms with van der Waals surface area (Å²) >= 11 is 13.4. The van der Waals surface area contributed by atoms with Crippen molar-refractivity contribution in [3.05, 3.63) is 70.5 Å². The van der Waals surface area contributed by atoms with Crippen LogP contribution in [-0.4, -0.2) is 48.1 Å². The van der Waals surface area contributed by atoms with Gasteiger partial charge >= 0.3 is 0 Å². The van der Waals surface area contributed by atoms with Crippen LogP contribution in [0.2, 0.25) is 10.2 Å². The Bertz CT molecular complexity index is 1470. The van der Waals surface area contributed by atoms with E-state index >= 15 is 0 Å². The van der Waals surface area contributed by atoms with Crippen LogP contribution in [0.1, 0.15) is 5.56 Å². The van der Waals surface area contributed by atoms with Gasteiger partial charge in [-0.25, -0.2) is 13.4 Å². The SMILES string of the molecule is O=C1CN(S(=O)(=O)c2cc3ccc(Cl)cc3s2)CCN1Cc1ccc2ccnc(Cl)c2c1. The first kappa shape index (κ1) is 21.6. The van der Waals surface area contributed by atoms with E-state index in [2.05, 4.69) is 4.98 Å². The molecule has 0 spiro atoms. The molecule has 1 aliphatic heterocycles. The maximum atomic E-state index is 13.1. The molecule has 2 aromatic heterocycles. The van der Waals surface area contributed by atoms with Gasteiger partial charge in [0.05, 0.1) is 6.54 Å². The second-order valence-electron chi connectivity index (χ2n) is 7.56. The first-order valence-corrected chi connectivity index (χ1v) is 12.8. The normalized spacial score (nSPS) is 15.7. The van der Waals surface area contributed by atoms with Crippen LogP contribution >= 0.6 is 34.5 Å². The van der Waals surface area contributed by atoms with Gasteiger partial charge in [0.15, 0.2) is 0 Å². The molecule has 2 aromatic carbocycles. The van der Waals surface area contributed by atoms with Gasteiger partial charge in [-0.3, -0.25) is 4.79 Å². The molecule has 0 bridgehead atoms. The summed E-state index contributed by atoms with van der Waals surface area (Å²) in [6.45, 7) is 0.745. The highest BCUT2D eigenvalue weighted by Gasteiger charge is 2.34. The average Bonchev–Trinajstić information content (AvgIpc) is 3.20. The van der Waals surface area contributed by atoms with Gasteiger partial charge in [0.1, 0.15) is 9.36 Å². The van der Waals surface area contributed by atoms with Crippen LogP contribution in [0.3, 0.4) is 0 Å². The lowest BCUT2D eigenvalue weighted by Crippen LogP contribution is -2.51. The molecule has 6 nitrogen and oxygen atoms in total. The van der Waals surface area contributed by atoms with Crippen LogP contribution in [0, 0.1) is 0 Å². The number of piperazine rings is 1. The number of hydrogen-bond acceptors (Lipinski definition) is 5. The van der Waals surface area contributed by atoms with E-state index in [0.29, 0.717) is 23.3 Å². The maximum absolute atomic E-state index is 13.1. The third-order valence-corrected chi connectivity index (χ3v) is 9.42. The highest BCUT2D eigenvalue weighted by Crippen LogP contribution is 2.33. The molecule has 1 fully saturated rings. The zero-order chi connectivity index (χ0) is 22.5. The number of fused-ring (bicyclic) bond motifs is 2. The van der Waals surface area contributed by atoms with E-state index in [1.807, 2.05) is 24.3 Å². The molecule has 164 valence electrons. The molecular formula is C22H17Cl2N3O3S2. The van der Waals surface area contributed by atoms with E-state index in [1.165, 1.54) is 4.31 Å². The zero-order valence-corrected chi connectivity index (χ0v) is 19.8. The number of aromatic nitrogens is 1. The summed E-state index contributed by atoms with van der Waals surface area (Å²) in [5.74, 6) is -0.235. The smallest absolute Gasteiger partial charge is 0.253 e. The van der Waals surface area contributed by atoms with Crippen LogP contribution in [0.4, 0.5) is 0 Å². The van der Waals surface area contributed by atoms with Crippen molar-refractivity contribution in [1.29, 1.82) is 0 Å². The van der Waals surface area contributed by atoms with Gasteiger partial charge < -0.3 is 4.90 Å². The van der Waals surface area contributed by atoms with Gasteiger partial charge in [-0.1, -0.05) is 41.4 Å². The number of carbonyl (C=O) groups excluding carboxylic acids is 1. The van der Waals surface area contributed by atoms with Crippen LogP contribution in [0.5, 0.6) is 0 Å². The molecule has 3 heterocycles. The fourth-order valence-electron chi connectivity index (χ4n) is 3.79. The van der Waals surface area contributed by atoms with Crippen LogP contribution in [0.25, 0.3) is 20.9 Å². The summed E-state index contributed by atoms with van der Waals surface area (Å²) in [6, 6.07) is 14.6. The molecule has 32 heavy (non-hydrogen) atoms. The molecule has 4 aromatic rings. The Kier molecular flexibility index (Phi) is 5.59. The second-order valence-corrected chi connectivity index (χ2v) is 11.6. The van der Waals surface area contributed by atoms with E-state index in [4.69, 9.17) is 23.2 Å².